The van der Waals surface area contributed by atoms with E-state index in [1.54, 1.807) is 18.2 Å². The van der Waals surface area contributed by atoms with Gasteiger partial charge >= 0.3 is 11.5 Å². The molecule has 1 heterocycles. The zero-order chi connectivity index (χ0) is 13.9. The fourth-order valence-corrected chi connectivity index (χ4v) is 1.85. The van der Waals surface area contributed by atoms with Crippen molar-refractivity contribution in [3.05, 3.63) is 64.7 Å². The third-order valence-electron chi connectivity index (χ3n) is 2.78. The number of H-pyrrole nitrogens is 1. The summed E-state index contributed by atoms with van der Waals surface area (Å²) < 4.78 is 0. The number of aromatic amines is 1. The van der Waals surface area contributed by atoms with Gasteiger partial charge in [-0.2, -0.15) is 0 Å². The maximum Gasteiger partial charge on any atom is 0.339 e. The Morgan fingerprint density at radius 1 is 1.05 bits per heavy atom. The number of nitro groups is 1. The molecule has 0 saturated carbocycles. The molecule has 3 rings (SSSR count). The Kier molecular flexibility index (Phi) is 2.92. The largest absolute Gasteiger partial charge is 0.339 e. The standard InChI is InChI=1S/C13H9N5O2/c19-18(20)12-9-5-4-8-11(12)17-15-13(14-16-17)10-6-2-1-3-7-10/h1-9H/p+1. The predicted octanol–water partition coefficient (Wildman–Crippen LogP) is 1.66. The van der Waals surface area contributed by atoms with Gasteiger partial charge in [0, 0.05) is 6.07 Å². The van der Waals surface area contributed by atoms with Gasteiger partial charge in [-0.25, -0.2) is 0 Å². The van der Waals surface area contributed by atoms with Gasteiger partial charge in [-0.15, -0.1) is 0 Å². The summed E-state index contributed by atoms with van der Waals surface area (Å²) in [6.45, 7) is 0. The van der Waals surface area contributed by atoms with E-state index in [1.165, 1.54) is 10.9 Å². The second-order valence-electron chi connectivity index (χ2n) is 4.06. The van der Waals surface area contributed by atoms with Crippen molar-refractivity contribution < 1.29 is 9.72 Å². The van der Waals surface area contributed by atoms with E-state index >= 15 is 0 Å². The summed E-state index contributed by atoms with van der Waals surface area (Å²) in [5.41, 5.74) is 1.14. The normalized spacial score (nSPS) is 10.4. The molecule has 0 spiro atoms. The number of benzene rings is 2. The van der Waals surface area contributed by atoms with Gasteiger partial charge in [-0.1, -0.05) is 30.3 Å². The Labute approximate surface area is 113 Å². The van der Waals surface area contributed by atoms with Gasteiger partial charge < -0.3 is 0 Å². The van der Waals surface area contributed by atoms with Crippen molar-refractivity contribution in [2.24, 2.45) is 0 Å². The SMILES string of the molecule is O=[N+]([O-])c1ccccc1-[n+]1nc(-c2ccccc2)n[nH]1. The smallest absolute Gasteiger partial charge is 0.258 e. The molecular formula is C13H10N5O2+. The Hall–Kier alpha value is -3.09. The Bertz CT molecular complexity index is 754. The van der Waals surface area contributed by atoms with E-state index in [4.69, 9.17) is 0 Å². The minimum Gasteiger partial charge on any atom is -0.258 e. The van der Waals surface area contributed by atoms with Crippen LogP contribution in [0.4, 0.5) is 5.69 Å². The van der Waals surface area contributed by atoms with Crippen LogP contribution in [0.3, 0.4) is 0 Å². The van der Waals surface area contributed by atoms with Crippen molar-refractivity contribution in [3.8, 4) is 17.1 Å². The first-order chi connectivity index (χ1) is 9.75. The van der Waals surface area contributed by atoms with Crippen molar-refractivity contribution >= 4 is 5.69 Å². The van der Waals surface area contributed by atoms with Crippen LogP contribution in [-0.4, -0.2) is 20.3 Å². The Balaban J connectivity index is 2.05. The lowest BCUT2D eigenvalue weighted by atomic mass is 10.2. The summed E-state index contributed by atoms with van der Waals surface area (Å²) in [4.78, 5) is 11.8. The van der Waals surface area contributed by atoms with Crippen molar-refractivity contribution in [1.82, 2.24) is 15.4 Å². The molecule has 0 amide bonds. The number of hydrogen-bond acceptors (Lipinski definition) is 4. The third kappa shape index (κ3) is 2.12. The van der Waals surface area contributed by atoms with Gasteiger partial charge in [0.05, 0.1) is 15.6 Å². The molecular weight excluding hydrogens is 258 g/mol. The van der Waals surface area contributed by atoms with Crippen LogP contribution in [0.1, 0.15) is 0 Å². The molecule has 0 radical (unpaired) electrons. The number of para-hydroxylation sites is 2. The van der Waals surface area contributed by atoms with Crippen molar-refractivity contribution in [2.75, 3.05) is 0 Å². The molecule has 0 unspecified atom stereocenters. The second-order valence-corrected chi connectivity index (χ2v) is 4.06. The van der Waals surface area contributed by atoms with E-state index in [0.29, 0.717) is 11.5 Å². The molecule has 7 nitrogen and oxygen atoms in total. The molecule has 3 aromatic rings. The number of aromatic nitrogens is 4. The van der Waals surface area contributed by atoms with Crippen LogP contribution in [0.15, 0.2) is 54.6 Å². The fourth-order valence-electron chi connectivity index (χ4n) is 1.85. The number of tetrazole rings is 1. The van der Waals surface area contributed by atoms with Crippen LogP contribution in [0.25, 0.3) is 17.1 Å². The van der Waals surface area contributed by atoms with Gasteiger partial charge in [-0.3, -0.25) is 10.1 Å². The molecule has 0 aliphatic heterocycles. The van der Waals surface area contributed by atoms with Gasteiger partial charge in [-0.05, 0) is 33.3 Å². The summed E-state index contributed by atoms with van der Waals surface area (Å²) in [6.07, 6.45) is 0. The van der Waals surface area contributed by atoms with E-state index in [9.17, 15) is 10.1 Å². The summed E-state index contributed by atoms with van der Waals surface area (Å²) in [6, 6.07) is 15.7. The van der Waals surface area contributed by atoms with Gasteiger partial charge in [0.2, 0.25) is 0 Å². The van der Waals surface area contributed by atoms with E-state index in [0.717, 1.165) is 5.56 Å². The van der Waals surface area contributed by atoms with Crippen molar-refractivity contribution in [1.29, 1.82) is 0 Å². The number of nitrogens with zero attached hydrogens (tertiary/aromatic N) is 4. The molecule has 1 N–H and O–H groups in total. The highest BCUT2D eigenvalue weighted by molar-refractivity contribution is 5.53. The second kappa shape index (κ2) is 4.88. The monoisotopic (exact) mass is 268 g/mol. The summed E-state index contributed by atoms with van der Waals surface area (Å²) in [5, 5.41) is 22.0. The summed E-state index contributed by atoms with van der Waals surface area (Å²) >= 11 is 0. The minimum atomic E-state index is -0.451. The molecule has 7 heteroatoms. The topological polar surface area (TPSA) is 88.6 Å². The number of hydrogen-bond donors (Lipinski definition) is 1. The molecule has 0 saturated heterocycles. The lowest BCUT2D eigenvalue weighted by Gasteiger charge is -1.94. The third-order valence-corrected chi connectivity index (χ3v) is 2.78. The highest BCUT2D eigenvalue weighted by Crippen LogP contribution is 2.17. The highest BCUT2D eigenvalue weighted by atomic mass is 16.6. The van der Waals surface area contributed by atoms with Crippen LogP contribution in [0.5, 0.6) is 0 Å². The van der Waals surface area contributed by atoms with Crippen LogP contribution < -0.4 is 4.80 Å². The summed E-state index contributed by atoms with van der Waals surface area (Å²) in [7, 11) is 0. The van der Waals surface area contributed by atoms with Gasteiger partial charge in [0.25, 0.3) is 5.69 Å². The first-order valence-electron chi connectivity index (χ1n) is 5.89. The molecule has 20 heavy (non-hydrogen) atoms. The molecule has 0 bridgehead atoms. The highest BCUT2D eigenvalue weighted by Gasteiger charge is 2.23. The summed E-state index contributed by atoms with van der Waals surface area (Å²) in [5.74, 6) is 0.476. The lowest BCUT2D eigenvalue weighted by Crippen LogP contribution is -2.36. The van der Waals surface area contributed by atoms with E-state index in [-0.39, 0.29) is 5.69 Å². The molecule has 0 aliphatic rings. The molecule has 2 aromatic carbocycles. The van der Waals surface area contributed by atoms with Crippen molar-refractivity contribution in [2.45, 2.75) is 0 Å². The Morgan fingerprint density at radius 3 is 2.50 bits per heavy atom. The average molecular weight is 268 g/mol. The van der Waals surface area contributed by atoms with Crippen LogP contribution in [-0.2, 0) is 0 Å². The molecule has 98 valence electrons. The Morgan fingerprint density at radius 2 is 1.75 bits per heavy atom. The van der Waals surface area contributed by atoms with Crippen molar-refractivity contribution in [3.63, 3.8) is 0 Å². The van der Waals surface area contributed by atoms with Crippen LogP contribution in [0.2, 0.25) is 0 Å². The molecule has 1 aromatic heterocycles. The average Bonchev–Trinajstić information content (AvgIpc) is 2.98. The van der Waals surface area contributed by atoms with Crippen LogP contribution >= 0.6 is 0 Å². The van der Waals surface area contributed by atoms with E-state index in [2.05, 4.69) is 15.4 Å². The first-order valence-corrected chi connectivity index (χ1v) is 5.89. The lowest BCUT2D eigenvalue weighted by molar-refractivity contribution is -0.718. The molecule has 0 atom stereocenters. The van der Waals surface area contributed by atoms with Crippen LogP contribution in [0, 0.1) is 10.1 Å². The zero-order valence-corrected chi connectivity index (χ0v) is 10.3. The number of rotatable bonds is 3. The quantitative estimate of drug-likeness (QED) is 0.444. The van der Waals surface area contributed by atoms with E-state index < -0.39 is 4.92 Å². The number of nitrogens with one attached hydrogen (secondary N) is 1. The minimum absolute atomic E-state index is 0.0340. The fraction of sp³-hybridized carbons (Fsp3) is 0. The zero-order valence-electron chi connectivity index (χ0n) is 10.3. The van der Waals surface area contributed by atoms with E-state index in [1.807, 2.05) is 30.3 Å². The first kappa shape index (κ1) is 12.0. The molecule has 0 fully saturated rings. The van der Waals surface area contributed by atoms with Gasteiger partial charge in [0.1, 0.15) is 0 Å². The molecule has 0 aliphatic carbocycles. The van der Waals surface area contributed by atoms with Gasteiger partial charge in [0.15, 0.2) is 0 Å². The number of nitro benzene ring substituents is 1. The maximum absolute atomic E-state index is 11.0. The maximum atomic E-state index is 11.0. The predicted molar refractivity (Wildman–Crippen MR) is 70.0 cm³/mol.